The number of fused-ring (bicyclic) bond motifs is 1. The van der Waals surface area contributed by atoms with Gasteiger partial charge in [0.1, 0.15) is 11.1 Å². The zero-order valence-electron chi connectivity index (χ0n) is 14.4. The van der Waals surface area contributed by atoms with Crippen LogP contribution < -0.4 is 10.6 Å². The molecule has 2 aromatic rings. The van der Waals surface area contributed by atoms with E-state index < -0.39 is 11.6 Å². The van der Waals surface area contributed by atoms with Crippen LogP contribution in [-0.2, 0) is 9.59 Å². The van der Waals surface area contributed by atoms with E-state index in [0.29, 0.717) is 29.1 Å². The largest absolute Gasteiger partial charge is 0.441 e. The lowest BCUT2D eigenvalue weighted by atomic mass is 10.1. The number of rotatable bonds is 5. The average molecular weight is 344 g/mol. The van der Waals surface area contributed by atoms with Crippen LogP contribution in [0.5, 0.6) is 0 Å². The number of hydrogen-bond acceptors (Lipinski definition) is 5. The van der Waals surface area contributed by atoms with Gasteiger partial charge in [0.15, 0.2) is 11.5 Å². The fraction of sp³-hybridized carbons (Fsp3) is 0.412. The summed E-state index contributed by atoms with van der Waals surface area (Å²) in [6.45, 7) is 5.28. The lowest BCUT2D eigenvalue weighted by Gasteiger charge is -2.15. The second-order valence-electron chi connectivity index (χ2n) is 6.58. The molecule has 0 radical (unpaired) electrons. The molecule has 0 atom stereocenters. The summed E-state index contributed by atoms with van der Waals surface area (Å²) >= 11 is 0. The molecule has 2 heterocycles. The molecule has 1 aromatic carbocycles. The Morgan fingerprint density at radius 2 is 2.12 bits per heavy atom. The van der Waals surface area contributed by atoms with E-state index in [1.54, 1.807) is 39.0 Å². The smallest absolute Gasteiger partial charge is 0.325 e. The van der Waals surface area contributed by atoms with E-state index in [4.69, 9.17) is 4.42 Å². The second kappa shape index (κ2) is 6.19. The van der Waals surface area contributed by atoms with Crippen LogP contribution in [0.4, 0.5) is 10.5 Å². The topological polar surface area (TPSA) is 105 Å². The van der Waals surface area contributed by atoms with E-state index in [1.165, 1.54) is 0 Å². The SMILES string of the molecule is Cc1nc2cc(NC(=O)CCCN3C(=O)NC(C)(C)C3=O)ccc2o1. The first-order valence-corrected chi connectivity index (χ1v) is 8.07. The molecule has 132 valence electrons. The number of urea groups is 1. The van der Waals surface area contributed by atoms with Gasteiger partial charge in [-0.1, -0.05) is 0 Å². The van der Waals surface area contributed by atoms with Gasteiger partial charge >= 0.3 is 6.03 Å². The molecule has 1 aromatic heterocycles. The van der Waals surface area contributed by atoms with Gasteiger partial charge in [-0.3, -0.25) is 14.5 Å². The molecule has 8 heteroatoms. The van der Waals surface area contributed by atoms with Crippen molar-refractivity contribution in [2.24, 2.45) is 0 Å². The molecule has 0 saturated carbocycles. The van der Waals surface area contributed by atoms with Gasteiger partial charge in [-0.05, 0) is 38.5 Å². The number of anilines is 1. The minimum atomic E-state index is -0.884. The van der Waals surface area contributed by atoms with Crippen molar-refractivity contribution >= 4 is 34.6 Å². The first kappa shape index (κ1) is 16.9. The number of aryl methyl sites for hydroxylation is 1. The number of amides is 4. The van der Waals surface area contributed by atoms with Crippen LogP contribution in [-0.4, -0.2) is 39.8 Å². The van der Waals surface area contributed by atoms with Crippen LogP contribution in [0, 0.1) is 6.92 Å². The van der Waals surface area contributed by atoms with Gasteiger partial charge < -0.3 is 15.1 Å². The molecule has 8 nitrogen and oxygen atoms in total. The molecule has 0 spiro atoms. The third-order valence-corrected chi connectivity index (χ3v) is 4.01. The number of carbonyl (C=O) groups is 3. The monoisotopic (exact) mass is 344 g/mol. The van der Waals surface area contributed by atoms with Crippen LogP contribution in [0.2, 0.25) is 0 Å². The molecular weight excluding hydrogens is 324 g/mol. The second-order valence-corrected chi connectivity index (χ2v) is 6.58. The number of imide groups is 1. The van der Waals surface area contributed by atoms with Gasteiger partial charge in [0.05, 0.1) is 0 Å². The minimum absolute atomic E-state index is 0.189. The van der Waals surface area contributed by atoms with Crippen molar-refractivity contribution in [3.05, 3.63) is 24.1 Å². The fourth-order valence-electron chi connectivity index (χ4n) is 2.76. The van der Waals surface area contributed by atoms with Crippen molar-refractivity contribution in [1.82, 2.24) is 15.2 Å². The molecule has 25 heavy (non-hydrogen) atoms. The normalized spacial score (nSPS) is 16.4. The number of nitrogens with zero attached hydrogens (tertiary/aromatic N) is 2. The van der Waals surface area contributed by atoms with Crippen molar-refractivity contribution in [3.8, 4) is 0 Å². The Bertz CT molecular complexity index is 855. The summed E-state index contributed by atoms with van der Waals surface area (Å²) in [7, 11) is 0. The Morgan fingerprint density at radius 3 is 2.80 bits per heavy atom. The number of hydrogen-bond donors (Lipinski definition) is 2. The Hall–Kier alpha value is -2.90. The summed E-state index contributed by atoms with van der Waals surface area (Å²) in [5.41, 5.74) is 1.08. The Kier molecular flexibility index (Phi) is 4.20. The summed E-state index contributed by atoms with van der Waals surface area (Å²) in [5, 5.41) is 5.39. The Balaban J connectivity index is 1.52. The zero-order chi connectivity index (χ0) is 18.2. The lowest BCUT2D eigenvalue weighted by Crippen LogP contribution is -2.40. The van der Waals surface area contributed by atoms with E-state index in [0.717, 1.165) is 4.90 Å². The first-order valence-electron chi connectivity index (χ1n) is 8.07. The lowest BCUT2D eigenvalue weighted by molar-refractivity contribution is -0.130. The number of benzene rings is 1. The highest BCUT2D eigenvalue weighted by Crippen LogP contribution is 2.20. The molecule has 1 aliphatic heterocycles. The zero-order valence-corrected chi connectivity index (χ0v) is 14.4. The summed E-state index contributed by atoms with van der Waals surface area (Å²) < 4.78 is 5.39. The first-order chi connectivity index (χ1) is 11.8. The molecule has 2 N–H and O–H groups in total. The van der Waals surface area contributed by atoms with Crippen molar-refractivity contribution in [2.75, 3.05) is 11.9 Å². The van der Waals surface area contributed by atoms with Gasteiger partial charge in [-0.15, -0.1) is 0 Å². The van der Waals surface area contributed by atoms with Gasteiger partial charge in [-0.25, -0.2) is 9.78 Å². The number of oxazole rings is 1. The molecule has 1 fully saturated rings. The molecule has 1 saturated heterocycles. The predicted molar refractivity (Wildman–Crippen MR) is 90.9 cm³/mol. The van der Waals surface area contributed by atoms with Crippen molar-refractivity contribution < 1.29 is 18.8 Å². The number of aromatic nitrogens is 1. The highest BCUT2D eigenvalue weighted by Gasteiger charge is 2.43. The molecule has 4 amide bonds. The Labute approximate surface area is 144 Å². The quantitative estimate of drug-likeness (QED) is 0.809. The molecule has 0 aliphatic carbocycles. The summed E-state index contributed by atoms with van der Waals surface area (Å²) in [4.78, 5) is 41.3. The number of nitrogens with one attached hydrogen (secondary N) is 2. The summed E-state index contributed by atoms with van der Waals surface area (Å²) in [5.74, 6) is 0.102. The minimum Gasteiger partial charge on any atom is -0.441 e. The Morgan fingerprint density at radius 1 is 1.36 bits per heavy atom. The third kappa shape index (κ3) is 3.47. The van der Waals surface area contributed by atoms with E-state index in [1.807, 2.05) is 0 Å². The third-order valence-electron chi connectivity index (χ3n) is 4.01. The van der Waals surface area contributed by atoms with Crippen LogP contribution in [0.3, 0.4) is 0 Å². The maximum absolute atomic E-state index is 12.1. The van der Waals surface area contributed by atoms with E-state index in [2.05, 4.69) is 15.6 Å². The van der Waals surface area contributed by atoms with Crippen LogP contribution in [0.15, 0.2) is 22.6 Å². The molecule has 3 rings (SSSR count). The molecular formula is C17H20N4O4. The number of carbonyl (C=O) groups excluding carboxylic acids is 3. The average Bonchev–Trinajstić information content (AvgIpc) is 2.97. The molecule has 0 unspecified atom stereocenters. The van der Waals surface area contributed by atoms with E-state index >= 15 is 0 Å². The van der Waals surface area contributed by atoms with Crippen molar-refractivity contribution in [1.29, 1.82) is 0 Å². The van der Waals surface area contributed by atoms with Crippen LogP contribution >= 0.6 is 0 Å². The van der Waals surface area contributed by atoms with Crippen LogP contribution in [0.1, 0.15) is 32.6 Å². The van der Waals surface area contributed by atoms with E-state index in [-0.39, 0.29) is 24.8 Å². The highest BCUT2D eigenvalue weighted by molar-refractivity contribution is 6.06. The highest BCUT2D eigenvalue weighted by atomic mass is 16.3. The van der Waals surface area contributed by atoms with Gasteiger partial charge in [0, 0.05) is 25.6 Å². The van der Waals surface area contributed by atoms with Crippen molar-refractivity contribution in [3.63, 3.8) is 0 Å². The summed E-state index contributed by atoms with van der Waals surface area (Å²) in [6.07, 6.45) is 0.597. The fourth-order valence-corrected chi connectivity index (χ4v) is 2.76. The molecule has 0 bridgehead atoms. The summed E-state index contributed by atoms with van der Waals surface area (Å²) in [6, 6.07) is 4.82. The predicted octanol–water partition coefficient (Wildman–Crippen LogP) is 2.19. The standard InChI is InChI=1S/C17H20N4O4/c1-10-18-12-9-11(6-7-13(12)25-10)19-14(22)5-4-8-21-15(23)17(2,3)20-16(21)24/h6-7,9H,4-5,8H2,1-3H3,(H,19,22)(H,20,24). The molecule has 1 aliphatic rings. The van der Waals surface area contributed by atoms with Crippen LogP contribution in [0.25, 0.3) is 11.1 Å². The van der Waals surface area contributed by atoms with Crippen molar-refractivity contribution in [2.45, 2.75) is 39.2 Å². The van der Waals surface area contributed by atoms with E-state index in [9.17, 15) is 14.4 Å². The van der Waals surface area contributed by atoms with Gasteiger partial charge in [0.2, 0.25) is 5.91 Å². The van der Waals surface area contributed by atoms with Gasteiger partial charge in [0.25, 0.3) is 5.91 Å². The maximum Gasteiger partial charge on any atom is 0.325 e. The maximum atomic E-state index is 12.1. The van der Waals surface area contributed by atoms with Gasteiger partial charge in [-0.2, -0.15) is 0 Å².